The molecule has 5 rings (SSSR count). The van der Waals surface area contributed by atoms with Crippen LogP contribution in [0.5, 0.6) is 0 Å². The first-order chi connectivity index (χ1) is 20.1. The Labute approximate surface area is 244 Å². The first-order valence-electron chi connectivity index (χ1n) is 13.7. The van der Waals surface area contributed by atoms with E-state index in [0.29, 0.717) is 22.7 Å². The van der Waals surface area contributed by atoms with Gasteiger partial charge >= 0.3 is 18.1 Å². The van der Waals surface area contributed by atoms with Crippen LogP contribution in [0.1, 0.15) is 28.9 Å². The minimum Gasteiger partial charge on any atom is -0.382 e. The standard InChI is InChI=1S/C31H30F3N3O4S/c1-36(16-14-20-9-8-15-35-18-20)25(38)19-37-23-17-24(29(39)41-30(40)31(32,33)34)42-28(23)26(21-10-4-2-5-11-21)27(37)22-12-6-3-7-13-22/h2-7,10-13,17,20,35H,8-9,14-16,18-19H2,1H3. The Hall–Kier alpha value is -3.96. The van der Waals surface area contributed by atoms with Gasteiger partial charge in [-0.15, -0.1) is 11.3 Å². The number of alkyl halides is 3. The molecule has 0 aliphatic carbocycles. The summed E-state index contributed by atoms with van der Waals surface area (Å²) in [5, 5.41) is 3.40. The third-order valence-electron chi connectivity index (χ3n) is 7.46. The topological polar surface area (TPSA) is 80.6 Å². The Bertz CT molecular complexity index is 1580. The van der Waals surface area contributed by atoms with E-state index >= 15 is 0 Å². The fraction of sp³-hybridized carbons (Fsp3) is 0.323. The fourth-order valence-corrected chi connectivity index (χ4v) is 6.38. The highest BCUT2D eigenvalue weighted by molar-refractivity contribution is 7.21. The zero-order chi connectivity index (χ0) is 29.9. The lowest BCUT2D eigenvalue weighted by atomic mass is 9.96. The van der Waals surface area contributed by atoms with Crippen molar-refractivity contribution >= 4 is 39.4 Å². The Morgan fingerprint density at radius 1 is 1.05 bits per heavy atom. The molecule has 0 saturated carbocycles. The molecule has 220 valence electrons. The van der Waals surface area contributed by atoms with Crippen LogP contribution < -0.4 is 5.32 Å². The number of carbonyl (C=O) groups excluding carboxylic acids is 3. The zero-order valence-electron chi connectivity index (χ0n) is 22.9. The van der Waals surface area contributed by atoms with Gasteiger partial charge in [0.2, 0.25) is 5.91 Å². The van der Waals surface area contributed by atoms with Gasteiger partial charge in [-0.2, -0.15) is 13.2 Å². The lowest BCUT2D eigenvalue weighted by Crippen LogP contribution is -2.35. The predicted octanol–water partition coefficient (Wildman–Crippen LogP) is 6.13. The number of rotatable bonds is 8. The van der Waals surface area contributed by atoms with Crippen LogP contribution in [-0.2, 0) is 20.9 Å². The molecule has 4 aromatic rings. The molecule has 3 heterocycles. The van der Waals surface area contributed by atoms with Crippen LogP contribution in [0.2, 0.25) is 0 Å². The molecule has 1 amide bonds. The number of nitrogens with one attached hydrogen (secondary N) is 1. The van der Waals surface area contributed by atoms with Crippen molar-refractivity contribution in [1.29, 1.82) is 0 Å². The van der Waals surface area contributed by atoms with Crippen LogP contribution in [0.25, 0.3) is 32.6 Å². The summed E-state index contributed by atoms with van der Waals surface area (Å²) in [6.45, 7) is 2.48. The molecule has 2 aromatic carbocycles. The quantitative estimate of drug-likeness (QED) is 0.195. The highest BCUT2D eigenvalue weighted by atomic mass is 32.1. The number of amides is 1. The first-order valence-corrected chi connectivity index (χ1v) is 14.5. The number of esters is 2. The summed E-state index contributed by atoms with van der Waals surface area (Å²) in [7, 11) is 1.76. The van der Waals surface area contributed by atoms with Crippen molar-refractivity contribution in [2.75, 3.05) is 26.7 Å². The number of carbonyl (C=O) groups is 3. The number of fused-ring (bicyclic) bond motifs is 1. The fourth-order valence-electron chi connectivity index (χ4n) is 5.28. The van der Waals surface area contributed by atoms with E-state index in [2.05, 4.69) is 10.1 Å². The van der Waals surface area contributed by atoms with E-state index in [1.165, 1.54) is 6.07 Å². The van der Waals surface area contributed by atoms with Crippen LogP contribution in [0.3, 0.4) is 0 Å². The third kappa shape index (κ3) is 6.42. The largest absolute Gasteiger partial charge is 0.491 e. The maximum Gasteiger partial charge on any atom is 0.491 e. The molecule has 1 aliphatic heterocycles. The molecule has 0 bridgehead atoms. The number of piperidine rings is 1. The van der Waals surface area contributed by atoms with Gasteiger partial charge in [-0.25, -0.2) is 9.59 Å². The Morgan fingerprint density at radius 3 is 2.33 bits per heavy atom. The maximum absolute atomic E-state index is 13.6. The van der Waals surface area contributed by atoms with Gasteiger partial charge in [-0.05, 0) is 55.5 Å². The average molecular weight is 598 g/mol. The molecule has 42 heavy (non-hydrogen) atoms. The van der Waals surface area contributed by atoms with Gasteiger partial charge in [0.25, 0.3) is 0 Å². The molecular weight excluding hydrogens is 567 g/mol. The van der Waals surface area contributed by atoms with E-state index in [4.69, 9.17) is 0 Å². The second-order valence-corrected chi connectivity index (χ2v) is 11.4. The number of ether oxygens (including phenoxy) is 1. The summed E-state index contributed by atoms with van der Waals surface area (Å²) in [6, 6.07) is 20.2. The van der Waals surface area contributed by atoms with E-state index in [9.17, 15) is 27.6 Å². The summed E-state index contributed by atoms with van der Waals surface area (Å²) in [6.07, 6.45) is -2.19. The smallest absolute Gasteiger partial charge is 0.382 e. The molecule has 11 heteroatoms. The van der Waals surface area contributed by atoms with Crippen LogP contribution in [0.4, 0.5) is 13.2 Å². The summed E-state index contributed by atoms with van der Waals surface area (Å²) < 4.78 is 44.9. The van der Waals surface area contributed by atoms with Crippen molar-refractivity contribution in [3.63, 3.8) is 0 Å². The monoisotopic (exact) mass is 597 g/mol. The van der Waals surface area contributed by atoms with Crippen molar-refractivity contribution < 1.29 is 32.3 Å². The van der Waals surface area contributed by atoms with Crippen molar-refractivity contribution in [1.82, 2.24) is 14.8 Å². The van der Waals surface area contributed by atoms with E-state index in [-0.39, 0.29) is 17.3 Å². The van der Waals surface area contributed by atoms with Gasteiger partial charge in [0.1, 0.15) is 11.4 Å². The number of nitrogens with zero attached hydrogens (tertiary/aromatic N) is 2. The molecule has 1 saturated heterocycles. The van der Waals surface area contributed by atoms with Gasteiger partial charge in [0.15, 0.2) is 0 Å². The highest BCUT2D eigenvalue weighted by Gasteiger charge is 2.43. The molecule has 1 fully saturated rings. The van der Waals surface area contributed by atoms with Crippen LogP contribution in [0, 0.1) is 5.92 Å². The van der Waals surface area contributed by atoms with Crippen LogP contribution in [0.15, 0.2) is 66.7 Å². The Morgan fingerprint density at radius 2 is 1.71 bits per heavy atom. The van der Waals surface area contributed by atoms with Gasteiger partial charge in [-0.1, -0.05) is 60.7 Å². The van der Waals surface area contributed by atoms with Gasteiger partial charge in [0.05, 0.1) is 15.9 Å². The minimum absolute atomic E-state index is 0.0559. The van der Waals surface area contributed by atoms with Crippen molar-refractivity contribution in [3.05, 3.63) is 71.6 Å². The Kier molecular flexibility index (Phi) is 8.79. The number of hydrogen-bond acceptors (Lipinski definition) is 6. The summed E-state index contributed by atoms with van der Waals surface area (Å²) in [5.74, 6) is -3.61. The Balaban J connectivity index is 1.57. The predicted molar refractivity (Wildman–Crippen MR) is 155 cm³/mol. The van der Waals surface area contributed by atoms with E-state index in [1.54, 1.807) is 16.5 Å². The van der Waals surface area contributed by atoms with E-state index in [0.717, 1.165) is 66.1 Å². The van der Waals surface area contributed by atoms with E-state index in [1.807, 2.05) is 60.7 Å². The van der Waals surface area contributed by atoms with Gasteiger partial charge < -0.3 is 19.5 Å². The molecule has 1 atom stereocenters. The van der Waals surface area contributed by atoms with Gasteiger partial charge in [0, 0.05) is 19.2 Å². The number of aromatic nitrogens is 1. The second-order valence-electron chi connectivity index (χ2n) is 10.4. The minimum atomic E-state index is -5.30. The van der Waals surface area contributed by atoms with Crippen LogP contribution in [-0.4, -0.2) is 60.2 Å². The summed E-state index contributed by atoms with van der Waals surface area (Å²) >= 11 is 0.927. The lowest BCUT2D eigenvalue weighted by molar-refractivity contribution is -0.193. The number of halogens is 3. The molecule has 1 N–H and O–H groups in total. The second kappa shape index (κ2) is 12.5. The number of thiophene rings is 1. The van der Waals surface area contributed by atoms with Crippen molar-refractivity contribution in [2.24, 2.45) is 5.92 Å². The molecule has 1 aliphatic rings. The number of likely N-dealkylation sites (N-methyl/N-ethyl adjacent to an activating group) is 1. The number of hydrogen-bond donors (Lipinski definition) is 1. The molecular formula is C31H30F3N3O4S. The van der Waals surface area contributed by atoms with Gasteiger partial charge in [-0.3, -0.25) is 4.79 Å². The highest BCUT2D eigenvalue weighted by Crippen LogP contribution is 2.45. The number of benzene rings is 2. The molecule has 7 nitrogen and oxygen atoms in total. The third-order valence-corrected chi connectivity index (χ3v) is 8.58. The zero-order valence-corrected chi connectivity index (χ0v) is 23.8. The molecule has 1 unspecified atom stereocenters. The molecule has 2 aromatic heterocycles. The maximum atomic E-state index is 13.6. The average Bonchev–Trinajstić information content (AvgIpc) is 3.55. The lowest BCUT2D eigenvalue weighted by Gasteiger charge is -2.26. The first kappa shape index (κ1) is 29.5. The van der Waals surface area contributed by atoms with E-state index < -0.39 is 18.1 Å². The van der Waals surface area contributed by atoms with Crippen molar-refractivity contribution in [3.8, 4) is 22.4 Å². The summed E-state index contributed by atoms with van der Waals surface area (Å²) in [5.41, 5.74) is 3.60. The van der Waals surface area contributed by atoms with Crippen molar-refractivity contribution in [2.45, 2.75) is 32.0 Å². The molecule has 0 spiro atoms. The van der Waals surface area contributed by atoms with Crippen LogP contribution >= 0.6 is 11.3 Å². The SMILES string of the molecule is CN(CCC1CCCNC1)C(=O)Cn1c(-c2ccccc2)c(-c2ccccc2)c2sc(C(=O)OC(=O)C(F)(F)F)cc21. The normalized spacial score (nSPS) is 15.5. The molecule has 0 radical (unpaired) electrons. The summed E-state index contributed by atoms with van der Waals surface area (Å²) in [4.78, 5) is 39.1.